The van der Waals surface area contributed by atoms with E-state index in [1.165, 1.54) is 24.4 Å². The molecule has 0 aliphatic heterocycles. The minimum Gasteiger partial charge on any atom is -0.380 e. The second-order valence-corrected chi connectivity index (χ2v) is 6.25. The number of nitrogens with one attached hydrogen (secondary N) is 1. The molecule has 106 valence electrons. The van der Waals surface area contributed by atoms with Crippen LogP contribution in [0.1, 0.15) is 5.56 Å². The molecule has 0 saturated heterocycles. The molecule has 0 amide bonds. The number of halogens is 2. The Morgan fingerprint density at radius 1 is 1.15 bits per heavy atom. The molecular weight excluding hydrogens is 286 g/mol. The Kier molecular flexibility index (Phi) is 3.99. The van der Waals surface area contributed by atoms with E-state index in [4.69, 9.17) is 0 Å². The molecule has 7 heteroatoms. The lowest BCUT2D eigenvalue weighted by molar-refractivity contribution is 0.580. The van der Waals surface area contributed by atoms with Gasteiger partial charge in [0.1, 0.15) is 11.6 Å². The smallest absolute Gasteiger partial charge is 0.192 e. The van der Waals surface area contributed by atoms with Crippen LogP contribution in [0.4, 0.5) is 14.5 Å². The number of aromatic nitrogens is 1. The van der Waals surface area contributed by atoms with Gasteiger partial charge in [-0.1, -0.05) is 0 Å². The van der Waals surface area contributed by atoms with Crippen LogP contribution in [-0.2, 0) is 16.4 Å². The number of hydrogen-bond donors (Lipinski definition) is 1. The standard InChI is InChI=1S/C13H12F2N2O2S/c1-20(18,19)13-3-2-12(8-17-13)16-7-9-4-10(14)6-11(15)5-9/h2-6,8,16H,7H2,1H3. The van der Waals surface area contributed by atoms with E-state index >= 15 is 0 Å². The van der Waals surface area contributed by atoms with Gasteiger partial charge in [0, 0.05) is 18.9 Å². The van der Waals surface area contributed by atoms with Crippen molar-refractivity contribution < 1.29 is 17.2 Å². The van der Waals surface area contributed by atoms with Crippen LogP contribution in [0.2, 0.25) is 0 Å². The van der Waals surface area contributed by atoms with E-state index in [0.717, 1.165) is 12.3 Å². The topological polar surface area (TPSA) is 59.1 Å². The number of anilines is 1. The molecule has 0 radical (unpaired) electrons. The lowest BCUT2D eigenvalue weighted by Crippen LogP contribution is -2.03. The summed E-state index contributed by atoms with van der Waals surface area (Å²) in [6, 6.07) is 6.14. The second kappa shape index (κ2) is 5.54. The summed E-state index contributed by atoms with van der Waals surface area (Å²) in [4.78, 5) is 3.80. The average Bonchev–Trinajstić information content (AvgIpc) is 2.35. The molecule has 2 rings (SSSR count). The van der Waals surface area contributed by atoms with Crippen LogP contribution in [0, 0.1) is 11.6 Å². The lowest BCUT2D eigenvalue weighted by atomic mass is 10.2. The summed E-state index contributed by atoms with van der Waals surface area (Å²) in [6.07, 6.45) is 2.42. The summed E-state index contributed by atoms with van der Waals surface area (Å²) in [6.45, 7) is 0.203. The molecule has 0 unspecified atom stereocenters. The molecule has 20 heavy (non-hydrogen) atoms. The molecule has 0 aliphatic carbocycles. The quantitative estimate of drug-likeness (QED) is 0.941. The number of nitrogens with zero attached hydrogens (tertiary/aromatic N) is 1. The Morgan fingerprint density at radius 3 is 2.30 bits per heavy atom. The fraction of sp³-hybridized carbons (Fsp3) is 0.154. The first-order chi connectivity index (χ1) is 9.34. The van der Waals surface area contributed by atoms with Crippen LogP contribution >= 0.6 is 0 Å². The second-order valence-electron chi connectivity index (χ2n) is 4.29. The van der Waals surface area contributed by atoms with Crippen LogP contribution < -0.4 is 5.32 Å². The molecular formula is C13H12F2N2O2S. The van der Waals surface area contributed by atoms with Crippen LogP contribution in [0.3, 0.4) is 0 Å². The van der Waals surface area contributed by atoms with Gasteiger partial charge in [-0.05, 0) is 29.8 Å². The van der Waals surface area contributed by atoms with E-state index in [0.29, 0.717) is 11.3 Å². The van der Waals surface area contributed by atoms with Crippen LogP contribution in [0.15, 0.2) is 41.6 Å². The van der Waals surface area contributed by atoms with E-state index in [-0.39, 0.29) is 11.6 Å². The minimum atomic E-state index is -3.34. The molecule has 1 heterocycles. The summed E-state index contributed by atoms with van der Waals surface area (Å²) in [5, 5.41) is 2.88. The molecule has 0 fully saturated rings. The number of pyridine rings is 1. The molecule has 2 aromatic rings. The largest absolute Gasteiger partial charge is 0.380 e. The number of rotatable bonds is 4. The van der Waals surface area contributed by atoms with Gasteiger partial charge in [-0.25, -0.2) is 22.2 Å². The first-order valence-electron chi connectivity index (χ1n) is 5.69. The Bertz CT molecular complexity index is 695. The van der Waals surface area contributed by atoms with Gasteiger partial charge in [0.2, 0.25) is 0 Å². The molecule has 0 spiro atoms. The van der Waals surface area contributed by atoms with Crippen molar-refractivity contribution in [2.75, 3.05) is 11.6 Å². The first kappa shape index (κ1) is 14.4. The highest BCUT2D eigenvalue weighted by Crippen LogP contribution is 2.13. The highest BCUT2D eigenvalue weighted by atomic mass is 32.2. The SMILES string of the molecule is CS(=O)(=O)c1ccc(NCc2cc(F)cc(F)c2)cn1. The van der Waals surface area contributed by atoms with Crippen molar-refractivity contribution in [1.29, 1.82) is 0 Å². The number of hydrogen-bond acceptors (Lipinski definition) is 4. The van der Waals surface area contributed by atoms with Gasteiger partial charge in [0.25, 0.3) is 0 Å². The van der Waals surface area contributed by atoms with E-state index in [2.05, 4.69) is 10.3 Å². The third-order valence-corrected chi connectivity index (χ3v) is 3.54. The van der Waals surface area contributed by atoms with E-state index in [1.54, 1.807) is 6.07 Å². The summed E-state index contributed by atoms with van der Waals surface area (Å²) in [7, 11) is -3.34. The maximum Gasteiger partial charge on any atom is 0.192 e. The zero-order chi connectivity index (χ0) is 14.8. The van der Waals surface area contributed by atoms with Gasteiger partial charge in [0.15, 0.2) is 14.9 Å². The monoisotopic (exact) mass is 298 g/mol. The van der Waals surface area contributed by atoms with Crippen LogP contribution in [0.5, 0.6) is 0 Å². The highest BCUT2D eigenvalue weighted by Gasteiger charge is 2.08. The Balaban J connectivity index is 2.07. The van der Waals surface area contributed by atoms with Gasteiger partial charge >= 0.3 is 0 Å². The van der Waals surface area contributed by atoms with Crippen LogP contribution in [0.25, 0.3) is 0 Å². The van der Waals surface area contributed by atoms with Crippen molar-refractivity contribution in [3.05, 3.63) is 53.7 Å². The van der Waals surface area contributed by atoms with Crippen LogP contribution in [-0.4, -0.2) is 19.7 Å². The minimum absolute atomic E-state index is 0.0279. The average molecular weight is 298 g/mol. The molecule has 4 nitrogen and oxygen atoms in total. The predicted octanol–water partition coefficient (Wildman–Crippen LogP) is 2.38. The van der Waals surface area contributed by atoms with Crippen molar-refractivity contribution in [1.82, 2.24) is 4.98 Å². The Morgan fingerprint density at radius 2 is 1.80 bits per heavy atom. The van der Waals surface area contributed by atoms with Crippen molar-refractivity contribution in [2.45, 2.75) is 11.6 Å². The summed E-state index contributed by atoms with van der Waals surface area (Å²) >= 11 is 0. The number of benzene rings is 1. The van der Waals surface area contributed by atoms with Crippen molar-refractivity contribution in [3.8, 4) is 0 Å². The summed E-state index contributed by atoms with van der Waals surface area (Å²) < 4.78 is 48.4. The lowest BCUT2D eigenvalue weighted by Gasteiger charge is -2.07. The van der Waals surface area contributed by atoms with Gasteiger partial charge in [-0.3, -0.25) is 0 Å². The molecule has 1 N–H and O–H groups in total. The maximum atomic E-state index is 13.0. The van der Waals surface area contributed by atoms with Crippen molar-refractivity contribution in [3.63, 3.8) is 0 Å². The Labute approximate surface area is 115 Å². The third-order valence-electron chi connectivity index (χ3n) is 2.54. The maximum absolute atomic E-state index is 13.0. The molecule has 0 saturated carbocycles. The normalized spacial score (nSPS) is 11.3. The molecule has 1 aromatic carbocycles. The molecule has 0 bridgehead atoms. The van der Waals surface area contributed by atoms with E-state index in [1.807, 2.05) is 0 Å². The van der Waals surface area contributed by atoms with E-state index in [9.17, 15) is 17.2 Å². The van der Waals surface area contributed by atoms with E-state index < -0.39 is 21.5 Å². The van der Waals surface area contributed by atoms with Gasteiger partial charge < -0.3 is 5.32 Å². The third kappa shape index (κ3) is 3.74. The highest BCUT2D eigenvalue weighted by molar-refractivity contribution is 7.90. The molecule has 1 aromatic heterocycles. The fourth-order valence-electron chi connectivity index (χ4n) is 1.62. The van der Waals surface area contributed by atoms with Gasteiger partial charge in [0.05, 0.1) is 11.9 Å². The van der Waals surface area contributed by atoms with Gasteiger partial charge in [-0.15, -0.1) is 0 Å². The van der Waals surface area contributed by atoms with Crippen molar-refractivity contribution >= 4 is 15.5 Å². The number of sulfone groups is 1. The Hall–Kier alpha value is -2.02. The summed E-state index contributed by atoms with van der Waals surface area (Å²) in [5.41, 5.74) is 0.997. The first-order valence-corrected chi connectivity index (χ1v) is 7.59. The fourth-order valence-corrected chi connectivity index (χ4v) is 2.18. The zero-order valence-electron chi connectivity index (χ0n) is 10.6. The zero-order valence-corrected chi connectivity index (χ0v) is 11.4. The molecule has 0 aliphatic rings. The molecule has 0 atom stereocenters. The summed E-state index contributed by atoms with van der Waals surface area (Å²) in [5.74, 6) is -1.29. The van der Waals surface area contributed by atoms with Gasteiger partial charge in [-0.2, -0.15) is 0 Å². The predicted molar refractivity (Wildman–Crippen MR) is 71.0 cm³/mol. The van der Waals surface area contributed by atoms with Crippen molar-refractivity contribution in [2.24, 2.45) is 0 Å².